The minimum Gasteiger partial charge on any atom is -0.346 e. The summed E-state index contributed by atoms with van der Waals surface area (Å²) in [6.07, 6.45) is 5.15. The molecule has 1 aliphatic rings. The first-order valence-electron chi connectivity index (χ1n) is 7.06. The Morgan fingerprint density at radius 2 is 2.47 bits per heavy atom. The lowest BCUT2D eigenvalue weighted by Crippen LogP contribution is -2.49. The third-order valence-electron chi connectivity index (χ3n) is 3.77. The Morgan fingerprint density at radius 3 is 3.11 bits per heavy atom. The second kappa shape index (κ2) is 6.48. The maximum atomic E-state index is 12.3. The molecule has 4 nitrogen and oxygen atoms in total. The zero-order chi connectivity index (χ0) is 13.8. The van der Waals surface area contributed by atoms with E-state index in [-0.39, 0.29) is 18.0 Å². The van der Waals surface area contributed by atoms with Crippen molar-refractivity contribution >= 4 is 17.2 Å². The smallest absolute Gasteiger partial charge is 0.237 e. The lowest BCUT2D eigenvalue weighted by molar-refractivity contribution is -0.124. The number of nitrogens with one attached hydrogen (secondary N) is 2. The molecule has 2 N–H and O–H groups in total. The van der Waals surface area contributed by atoms with Crippen molar-refractivity contribution in [3.63, 3.8) is 0 Å². The average molecular weight is 281 g/mol. The molecule has 19 heavy (non-hydrogen) atoms. The number of nitrogens with zero attached hydrogens (tertiary/aromatic N) is 1. The van der Waals surface area contributed by atoms with Gasteiger partial charge in [0.2, 0.25) is 5.91 Å². The highest BCUT2D eigenvalue weighted by molar-refractivity contribution is 7.11. The van der Waals surface area contributed by atoms with Crippen LogP contribution in [0.2, 0.25) is 0 Å². The van der Waals surface area contributed by atoms with E-state index < -0.39 is 0 Å². The molecule has 1 aliphatic heterocycles. The molecular weight excluding hydrogens is 258 g/mol. The summed E-state index contributed by atoms with van der Waals surface area (Å²) < 4.78 is 0. The van der Waals surface area contributed by atoms with E-state index in [0.29, 0.717) is 5.92 Å². The Balaban J connectivity index is 1.89. The van der Waals surface area contributed by atoms with Crippen LogP contribution in [0.25, 0.3) is 0 Å². The van der Waals surface area contributed by atoms with Gasteiger partial charge in [-0.05, 0) is 39.2 Å². The molecule has 1 fully saturated rings. The summed E-state index contributed by atoms with van der Waals surface area (Å²) in [7, 11) is 0. The third-order valence-corrected chi connectivity index (χ3v) is 4.87. The van der Waals surface area contributed by atoms with Gasteiger partial charge < -0.3 is 10.6 Å². The SMILES string of the molecule is CCC1CCNC(C(=O)NC(C)c2ncc(C)s2)C1. The molecule has 1 aromatic rings. The molecule has 5 heteroatoms. The van der Waals surface area contributed by atoms with Crippen molar-refractivity contribution in [2.45, 2.75) is 52.1 Å². The molecule has 3 atom stereocenters. The quantitative estimate of drug-likeness (QED) is 0.891. The molecule has 0 radical (unpaired) electrons. The fourth-order valence-electron chi connectivity index (χ4n) is 2.51. The van der Waals surface area contributed by atoms with Crippen LogP contribution in [0, 0.1) is 12.8 Å². The molecule has 3 unspecified atom stereocenters. The molecular formula is C14H23N3OS. The van der Waals surface area contributed by atoms with Gasteiger partial charge in [0.25, 0.3) is 0 Å². The van der Waals surface area contributed by atoms with Gasteiger partial charge in [-0.25, -0.2) is 4.98 Å². The first kappa shape index (κ1) is 14.5. The molecule has 0 saturated carbocycles. The number of rotatable bonds is 4. The summed E-state index contributed by atoms with van der Waals surface area (Å²) in [4.78, 5) is 17.8. The molecule has 1 saturated heterocycles. The predicted octanol–water partition coefficient (Wildman–Crippen LogP) is 2.41. The summed E-state index contributed by atoms with van der Waals surface area (Å²) >= 11 is 1.64. The van der Waals surface area contributed by atoms with Crippen molar-refractivity contribution in [2.24, 2.45) is 5.92 Å². The van der Waals surface area contributed by atoms with Crippen LogP contribution in [0.5, 0.6) is 0 Å². The second-order valence-electron chi connectivity index (χ2n) is 5.34. The summed E-state index contributed by atoms with van der Waals surface area (Å²) in [5.74, 6) is 0.785. The number of piperidine rings is 1. The van der Waals surface area contributed by atoms with Gasteiger partial charge in [-0.2, -0.15) is 0 Å². The largest absolute Gasteiger partial charge is 0.346 e. The number of aromatic nitrogens is 1. The van der Waals surface area contributed by atoms with E-state index in [9.17, 15) is 4.79 Å². The van der Waals surface area contributed by atoms with E-state index in [0.717, 1.165) is 24.4 Å². The zero-order valence-electron chi connectivity index (χ0n) is 11.9. The van der Waals surface area contributed by atoms with Gasteiger partial charge in [0, 0.05) is 11.1 Å². The summed E-state index contributed by atoms with van der Waals surface area (Å²) in [6.45, 7) is 7.17. The van der Waals surface area contributed by atoms with Crippen molar-refractivity contribution in [3.05, 3.63) is 16.1 Å². The maximum Gasteiger partial charge on any atom is 0.237 e. The van der Waals surface area contributed by atoms with Gasteiger partial charge in [-0.1, -0.05) is 13.3 Å². The Labute approximate surface area is 119 Å². The molecule has 1 amide bonds. The van der Waals surface area contributed by atoms with E-state index in [1.165, 1.54) is 11.3 Å². The van der Waals surface area contributed by atoms with Crippen molar-refractivity contribution in [2.75, 3.05) is 6.54 Å². The Bertz CT molecular complexity index is 432. The van der Waals surface area contributed by atoms with Crippen LogP contribution in [-0.2, 0) is 4.79 Å². The van der Waals surface area contributed by atoms with Crippen molar-refractivity contribution in [1.82, 2.24) is 15.6 Å². The number of hydrogen-bond donors (Lipinski definition) is 2. The van der Waals surface area contributed by atoms with E-state index in [1.54, 1.807) is 11.3 Å². The Kier molecular flexibility index (Phi) is 4.93. The minimum atomic E-state index is -0.0396. The highest BCUT2D eigenvalue weighted by Gasteiger charge is 2.27. The van der Waals surface area contributed by atoms with E-state index in [4.69, 9.17) is 0 Å². The fourth-order valence-corrected chi connectivity index (χ4v) is 3.29. The second-order valence-corrected chi connectivity index (χ2v) is 6.61. The standard InChI is InChI=1S/C14H23N3OS/c1-4-11-5-6-15-12(7-11)13(18)17-10(3)14-16-8-9(2)19-14/h8,10-12,15H,4-7H2,1-3H3,(H,17,18). The van der Waals surface area contributed by atoms with Gasteiger partial charge in [-0.15, -0.1) is 11.3 Å². The van der Waals surface area contributed by atoms with E-state index in [1.807, 2.05) is 20.0 Å². The van der Waals surface area contributed by atoms with Crippen molar-refractivity contribution in [1.29, 1.82) is 0 Å². The van der Waals surface area contributed by atoms with Crippen LogP contribution >= 0.6 is 11.3 Å². The fraction of sp³-hybridized carbons (Fsp3) is 0.714. The maximum absolute atomic E-state index is 12.3. The van der Waals surface area contributed by atoms with Crippen LogP contribution in [0.4, 0.5) is 0 Å². The van der Waals surface area contributed by atoms with Gasteiger partial charge >= 0.3 is 0 Å². The van der Waals surface area contributed by atoms with Gasteiger partial charge in [0.1, 0.15) is 5.01 Å². The van der Waals surface area contributed by atoms with Crippen LogP contribution in [0.3, 0.4) is 0 Å². The van der Waals surface area contributed by atoms with Crippen LogP contribution in [0.1, 0.15) is 49.0 Å². The first-order chi connectivity index (χ1) is 9.10. The highest BCUT2D eigenvalue weighted by atomic mass is 32.1. The zero-order valence-corrected chi connectivity index (χ0v) is 12.7. The molecule has 2 rings (SSSR count). The van der Waals surface area contributed by atoms with Crippen LogP contribution in [-0.4, -0.2) is 23.5 Å². The third kappa shape index (κ3) is 3.76. The first-order valence-corrected chi connectivity index (χ1v) is 7.88. The predicted molar refractivity (Wildman–Crippen MR) is 78.2 cm³/mol. The van der Waals surface area contributed by atoms with E-state index >= 15 is 0 Å². The Morgan fingerprint density at radius 1 is 1.68 bits per heavy atom. The summed E-state index contributed by atoms with van der Waals surface area (Å²) in [5, 5.41) is 7.37. The number of thiazole rings is 1. The molecule has 0 aromatic carbocycles. The molecule has 0 bridgehead atoms. The lowest BCUT2D eigenvalue weighted by Gasteiger charge is -2.29. The van der Waals surface area contributed by atoms with Crippen molar-refractivity contribution < 1.29 is 4.79 Å². The van der Waals surface area contributed by atoms with E-state index in [2.05, 4.69) is 22.5 Å². The van der Waals surface area contributed by atoms with Gasteiger partial charge in [-0.3, -0.25) is 4.79 Å². The minimum absolute atomic E-state index is 0.00463. The van der Waals surface area contributed by atoms with Gasteiger partial charge in [0.15, 0.2) is 0 Å². The average Bonchev–Trinajstić information content (AvgIpc) is 2.85. The topological polar surface area (TPSA) is 54.0 Å². The molecule has 0 spiro atoms. The number of aryl methyl sites for hydroxylation is 1. The molecule has 1 aromatic heterocycles. The van der Waals surface area contributed by atoms with Crippen LogP contribution in [0.15, 0.2) is 6.20 Å². The Hall–Kier alpha value is -0.940. The number of carbonyl (C=O) groups excluding carboxylic acids is 1. The van der Waals surface area contributed by atoms with Gasteiger partial charge in [0.05, 0.1) is 12.1 Å². The number of hydrogen-bond acceptors (Lipinski definition) is 4. The molecule has 106 valence electrons. The number of amides is 1. The molecule has 2 heterocycles. The lowest BCUT2D eigenvalue weighted by atomic mass is 9.90. The summed E-state index contributed by atoms with van der Waals surface area (Å²) in [5.41, 5.74) is 0. The normalized spacial score (nSPS) is 25.0. The molecule has 0 aliphatic carbocycles. The monoisotopic (exact) mass is 281 g/mol. The number of carbonyl (C=O) groups is 1. The summed E-state index contributed by atoms with van der Waals surface area (Å²) in [6, 6.07) is -0.0442. The van der Waals surface area contributed by atoms with Crippen LogP contribution < -0.4 is 10.6 Å². The van der Waals surface area contributed by atoms with Crippen molar-refractivity contribution in [3.8, 4) is 0 Å². The highest BCUT2D eigenvalue weighted by Crippen LogP contribution is 2.22.